The summed E-state index contributed by atoms with van der Waals surface area (Å²) < 4.78 is 0. The Hall–Kier alpha value is -1.48. The number of aromatic amines is 1. The van der Waals surface area contributed by atoms with Crippen LogP contribution in [0.5, 0.6) is 0 Å². The molecule has 4 heteroatoms. The number of nitrogens with two attached hydrogens (primary N) is 1. The molecule has 0 aliphatic heterocycles. The van der Waals surface area contributed by atoms with E-state index in [9.17, 15) is 0 Å². The Morgan fingerprint density at radius 3 is 2.76 bits per heavy atom. The van der Waals surface area contributed by atoms with Gasteiger partial charge < -0.3 is 10.7 Å². The molecule has 0 fully saturated rings. The van der Waals surface area contributed by atoms with E-state index in [1.165, 1.54) is 47.8 Å². The number of halogens is 1. The number of nitrogens with one attached hydrogen (secondary N) is 1. The molecule has 0 radical (unpaired) electrons. The lowest BCUT2D eigenvalue weighted by molar-refractivity contribution is -0.106. The van der Waals surface area contributed by atoms with Crippen LogP contribution in [0.1, 0.15) is 24.1 Å². The normalized spacial score (nSPS) is 13.7. The van der Waals surface area contributed by atoms with E-state index in [0.717, 1.165) is 5.02 Å². The van der Waals surface area contributed by atoms with Gasteiger partial charge in [0.25, 0.3) is 0 Å². The van der Waals surface area contributed by atoms with E-state index >= 15 is 0 Å². The number of H-pyrrole nitrogens is 1. The number of benzene rings is 1. The second kappa shape index (κ2) is 5.23. The number of fused-ring (bicyclic) bond motifs is 3. The molecule has 1 aliphatic carbocycles. The molecular formula is C13H15ClN2O. The van der Waals surface area contributed by atoms with Gasteiger partial charge in [-0.1, -0.05) is 11.6 Å². The number of aromatic nitrogens is 1. The van der Waals surface area contributed by atoms with Crippen LogP contribution in [0.15, 0.2) is 18.2 Å². The Morgan fingerprint density at radius 2 is 2.00 bits per heavy atom. The smallest absolute Gasteiger partial charge is 0.204 e. The van der Waals surface area contributed by atoms with E-state index in [1.807, 2.05) is 6.07 Å². The number of carbonyl (C=O) groups excluding carboxylic acids is 1. The SMILES string of the molecule is Clc1ccc2[nH]c3c(c2c1)CCCC3.NC=O. The number of carbonyl (C=O) groups is 1. The van der Waals surface area contributed by atoms with Crippen LogP contribution in [0.4, 0.5) is 0 Å². The topological polar surface area (TPSA) is 58.9 Å². The van der Waals surface area contributed by atoms with Crippen molar-refractivity contribution >= 4 is 28.9 Å². The third-order valence-electron chi connectivity index (χ3n) is 3.06. The van der Waals surface area contributed by atoms with Crippen LogP contribution in [0, 0.1) is 0 Å². The molecule has 1 aromatic carbocycles. The molecule has 17 heavy (non-hydrogen) atoms. The predicted octanol–water partition coefficient (Wildman–Crippen LogP) is 2.80. The van der Waals surface area contributed by atoms with Crippen LogP contribution in [0.2, 0.25) is 5.02 Å². The molecule has 0 bridgehead atoms. The first-order valence-corrected chi connectivity index (χ1v) is 6.08. The van der Waals surface area contributed by atoms with E-state index in [2.05, 4.69) is 22.9 Å². The fourth-order valence-corrected chi connectivity index (χ4v) is 2.55. The first kappa shape index (κ1) is 12.0. The highest BCUT2D eigenvalue weighted by Crippen LogP contribution is 2.30. The van der Waals surface area contributed by atoms with Crippen molar-refractivity contribution in [2.24, 2.45) is 5.73 Å². The van der Waals surface area contributed by atoms with Gasteiger partial charge in [0, 0.05) is 21.6 Å². The quantitative estimate of drug-likeness (QED) is 0.694. The molecule has 1 amide bonds. The van der Waals surface area contributed by atoms with Gasteiger partial charge in [-0.05, 0) is 49.4 Å². The summed E-state index contributed by atoms with van der Waals surface area (Å²) in [7, 11) is 0. The zero-order valence-electron chi connectivity index (χ0n) is 9.50. The van der Waals surface area contributed by atoms with Gasteiger partial charge in [0.15, 0.2) is 0 Å². The van der Waals surface area contributed by atoms with Crippen molar-refractivity contribution in [3.8, 4) is 0 Å². The summed E-state index contributed by atoms with van der Waals surface area (Å²) in [4.78, 5) is 12.1. The fraction of sp³-hybridized carbons (Fsp3) is 0.308. The monoisotopic (exact) mass is 250 g/mol. The third kappa shape index (κ3) is 2.44. The van der Waals surface area contributed by atoms with Crippen molar-refractivity contribution in [3.05, 3.63) is 34.5 Å². The lowest BCUT2D eigenvalue weighted by atomic mass is 9.96. The first-order chi connectivity index (χ1) is 8.26. The van der Waals surface area contributed by atoms with Crippen molar-refractivity contribution in [2.45, 2.75) is 25.7 Å². The minimum Gasteiger partial charge on any atom is -0.372 e. The third-order valence-corrected chi connectivity index (χ3v) is 3.30. The molecule has 1 aromatic heterocycles. The van der Waals surface area contributed by atoms with Gasteiger partial charge >= 0.3 is 0 Å². The van der Waals surface area contributed by atoms with Crippen molar-refractivity contribution < 1.29 is 4.79 Å². The standard InChI is InChI=1S/C12H12ClN.CH3NO/c13-8-5-6-12-10(7-8)9-3-1-2-4-11(9)14-12;2-1-3/h5-7,14H,1-4H2;1H,(H2,2,3). The van der Waals surface area contributed by atoms with Gasteiger partial charge in [-0.2, -0.15) is 0 Å². The Labute approximate surface area is 105 Å². The van der Waals surface area contributed by atoms with Gasteiger partial charge in [-0.3, -0.25) is 4.79 Å². The molecule has 1 heterocycles. The average Bonchev–Trinajstić information content (AvgIpc) is 2.68. The van der Waals surface area contributed by atoms with Crippen LogP contribution in [0.3, 0.4) is 0 Å². The lowest BCUT2D eigenvalue weighted by Crippen LogP contribution is -1.99. The fourth-order valence-electron chi connectivity index (χ4n) is 2.38. The summed E-state index contributed by atoms with van der Waals surface area (Å²) in [5, 5.41) is 2.16. The maximum Gasteiger partial charge on any atom is 0.204 e. The van der Waals surface area contributed by atoms with E-state index in [4.69, 9.17) is 16.4 Å². The predicted molar refractivity (Wildman–Crippen MR) is 70.2 cm³/mol. The van der Waals surface area contributed by atoms with Crippen LogP contribution in [-0.4, -0.2) is 11.4 Å². The average molecular weight is 251 g/mol. The largest absolute Gasteiger partial charge is 0.372 e. The molecule has 0 saturated heterocycles. The van der Waals surface area contributed by atoms with Crippen molar-refractivity contribution in [3.63, 3.8) is 0 Å². The minimum absolute atomic E-state index is 0.250. The van der Waals surface area contributed by atoms with Gasteiger partial charge in [0.05, 0.1) is 0 Å². The molecule has 0 unspecified atom stereocenters. The number of hydrogen-bond acceptors (Lipinski definition) is 1. The van der Waals surface area contributed by atoms with E-state index < -0.39 is 0 Å². The Bertz CT molecular complexity index is 533. The summed E-state index contributed by atoms with van der Waals surface area (Å²) in [6, 6.07) is 6.11. The second-order valence-corrected chi connectivity index (χ2v) is 4.55. The van der Waals surface area contributed by atoms with Crippen molar-refractivity contribution in [1.29, 1.82) is 0 Å². The number of amides is 1. The van der Waals surface area contributed by atoms with Gasteiger partial charge in [-0.15, -0.1) is 0 Å². The zero-order valence-corrected chi connectivity index (χ0v) is 10.3. The molecule has 2 aromatic rings. The summed E-state index contributed by atoms with van der Waals surface area (Å²) >= 11 is 6.00. The van der Waals surface area contributed by atoms with Crippen LogP contribution in [0.25, 0.3) is 10.9 Å². The summed E-state index contributed by atoms with van der Waals surface area (Å²) in [6.07, 6.45) is 5.28. The first-order valence-electron chi connectivity index (χ1n) is 5.70. The lowest BCUT2D eigenvalue weighted by Gasteiger charge is -2.10. The maximum atomic E-state index is 8.58. The minimum atomic E-state index is 0.250. The highest BCUT2D eigenvalue weighted by Gasteiger charge is 2.14. The van der Waals surface area contributed by atoms with E-state index in [1.54, 1.807) is 0 Å². The molecule has 0 atom stereocenters. The van der Waals surface area contributed by atoms with Crippen LogP contribution < -0.4 is 5.73 Å². The van der Waals surface area contributed by atoms with Gasteiger partial charge in [0.1, 0.15) is 0 Å². The number of rotatable bonds is 0. The summed E-state index contributed by atoms with van der Waals surface area (Å²) in [5.41, 5.74) is 8.32. The zero-order chi connectivity index (χ0) is 12.3. The number of primary amides is 1. The van der Waals surface area contributed by atoms with Crippen LogP contribution in [-0.2, 0) is 17.6 Å². The maximum absolute atomic E-state index is 8.58. The molecular weight excluding hydrogens is 236 g/mol. The number of aryl methyl sites for hydroxylation is 2. The van der Waals surface area contributed by atoms with Crippen molar-refractivity contribution in [2.75, 3.05) is 0 Å². The Kier molecular flexibility index (Phi) is 3.69. The Balaban J connectivity index is 0.000000329. The van der Waals surface area contributed by atoms with E-state index in [0.29, 0.717) is 0 Å². The molecule has 1 aliphatic rings. The molecule has 3 rings (SSSR count). The highest BCUT2D eigenvalue weighted by atomic mass is 35.5. The molecule has 3 N–H and O–H groups in total. The molecule has 0 spiro atoms. The molecule has 3 nitrogen and oxygen atoms in total. The highest BCUT2D eigenvalue weighted by molar-refractivity contribution is 6.31. The van der Waals surface area contributed by atoms with E-state index in [-0.39, 0.29) is 6.41 Å². The Morgan fingerprint density at radius 1 is 1.29 bits per heavy atom. The summed E-state index contributed by atoms with van der Waals surface area (Å²) in [5.74, 6) is 0. The summed E-state index contributed by atoms with van der Waals surface area (Å²) in [6.45, 7) is 0. The number of hydrogen-bond donors (Lipinski definition) is 2. The second-order valence-electron chi connectivity index (χ2n) is 4.12. The van der Waals surface area contributed by atoms with Crippen molar-refractivity contribution in [1.82, 2.24) is 4.98 Å². The molecule has 90 valence electrons. The van der Waals surface area contributed by atoms with Gasteiger partial charge in [-0.25, -0.2) is 0 Å². The van der Waals surface area contributed by atoms with Crippen LogP contribution >= 0.6 is 11.6 Å². The van der Waals surface area contributed by atoms with Gasteiger partial charge in [0.2, 0.25) is 6.41 Å². The molecule has 0 saturated carbocycles.